The molecule has 1 atom stereocenters. The Bertz CT molecular complexity index is 478. The molecule has 1 fully saturated rings. The van der Waals surface area contributed by atoms with Crippen LogP contribution in [-0.2, 0) is 4.74 Å². The van der Waals surface area contributed by atoms with E-state index in [1.54, 1.807) is 13.4 Å². The van der Waals surface area contributed by atoms with E-state index in [2.05, 4.69) is 10.2 Å². The molecule has 0 aromatic carbocycles. The summed E-state index contributed by atoms with van der Waals surface area (Å²) in [7, 11) is 5.69. The molecule has 1 N–H and O–H groups in total. The van der Waals surface area contributed by atoms with Crippen LogP contribution in [0.1, 0.15) is 18.2 Å². The summed E-state index contributed by atoms with van der Waals surface area (Å²) >= 11 is 0. The van der Waals surface area contributed by atoms with Crippen LogP contribution in [0, 0.1) is 0 Å². The summed E-state index contributed by atoms with van der Waals surface area (Å²) in [6.45, 7) is 5.65. The highest BCUT2D eigenvalue weighted by Gasteiger charge is 2.22. The van der Waals surface area contributed by atoms with E-state index in [0.717, 1.165) is 51.5 Å². The van der Waals surface area contributed by atoms with Gasteiger partial charge in [-0.25, -0.2) is 4.79 Å². The van der Waals surface area contributed by atoms with Crippen LogP contribution in [0.15, 0.2) is 22.8 Å². The first kappa shape index (κ1) is 18.8. The zero-order valence-electron chi connectivity index (χ0n) is 15.0. The third-order valence-electron chi connectivity index (χ3n) is 4.43. The number of nitrogens with one attached hydrogen (secondary N) is 1. The quantitative estimate of drug-likeness (QED) is 0.811. The first-order chi connectivity index (χ1) is 11.6. The first-order valence-corrected chi connectivity index (χ1v) is 8.55. The molecule has 2 amide bonds. The number of carbonyl (C=O) groups excluding carboxylic acids is 1. The summed E-state index contributed by atoms with van der Waals surface area (Å²) in [6, 6.07) is 3.85. The number of furan rings is 1. The number of ether oxygens (including phenoxy) is 1. The van der Waals surface area contributed by atoms with Crippen molar-refractivity contribution in [2.45, 2.75) is 12.5 Å². The largest absolute Gasteiger partial charge is 0.468 e. The Labute approximate surface area is 144 Å². The van der Waals surface area contributed by atoms with Crippen molar-refractivity contribution < 1.29 is 13.9 Å². The van der Waals surface area contributed by atoms with Gasteiger partial charge in [-0.2, -0.15) is 0 Å². The molecule has 0 saturated carbocycles. The number of carbonyl (C=O) groups is 1. The molecule has 2 rings (SSSR count). The molecule has 1 aromatic rings. The zero-order valence-corrected chi connectivity index (χ0v) is 15.0. The number of rotatable bonds is 7. The van der Waals surface area contributed by atoms with Crippen molar-refractivity contribution in [2.75, 3.05) is 67.1 Å². The van der Waals surface area contributed by atoms with E-state index >= 15 is 0 Å². The van der Waals surface area contributed by atoms with Crippen LogP contribution in [0.4, 0.5) is 4.79 Å². The average molecular weight is 338 g/mol. The van der Waals surface area contributed by atoms with E-state index < -0.39 is 0 Å². The van der Waals surface area contributed by atoms with Crippen LogP contribution in [0.5, 0.6) is 0 Å². The van der Waals surface area contributed by atoms with Crippen molar-refractivity contribution >= 4 is 6.03 Å². The van der Waals surface area contributed by atoms with Crippen molar-refractivity contribution in [1.82, 2.24) is 20.0 Å². The molecule has 7 nitrogen and oxygen atoms in total. The minimum atomic E-state index is 0.00185. The van der Waals surface area contributed by atoms with Gasteiger partial charge in [0.2, 0.25) is 0 Å². The summed E-state index contributed by atoms with van der Waals surface area (Å²) in [4.78, 5) is 18.8. The van der Waals surface area contributed by atoms with Gasteiger partial charge in [0.25, 0.3) is 0 Å². The van der Waals surface area contributed by atoms with Crippen molar-refractivity contribution in [3.8, 4) is 0 Å². The molecule has 2 heterocycles. The second-order valence-electron chi connectivity index (χ2n) is 6.36. The lowest BCUT2D eigenvalue weighted by Gasteiger charge is -2.26. The molecule has 0 unspecified atom stereocenters. The van der Waals surface area contributed by atoms with Gasteiger partial charge in [-0.15, -0.1) is 0 Å². The number of methoxy groups -OCH3 is 1. The fraction of sp³-hybridized carbons (Fsp3) is 0.706. The van der Waals surface area contributed by atoms with Gasteiger partial charge in [-0.1, -0.05) is 0 Å². The number of nitrogens with zero attached hydrogens (tertiary/aromatic N) is 3. The van der Waals surface area contributed by atoms with Crippen LogP contribution in [0.3, 0.4) is 0 Å². The molecule has 24 heavy (non-hydrogen) atoms. The molecular formula is C17H30N4O3. The minimum Gasteiger partial charge on any atom is -0.468 e. The van der Waals surface area contributed by atoms with Crippen LogP contribution < -0.4 is 5.32 Å². The van der Waals surface area contributed by atoms with Crippen LogP contribution in [0.2, 0.25) is 0 Å². The van der Waals surface area contributed by atoms with Gasteiger partial charge < -0.3 is 19.4 Å². The standard InChI is InChI=1S/C17H30N4O3/c1-19(2)15(16-6-4-12-24-16)14-18-17(22)21-8-5-7-20(9-10-21)11-13-23-3/h4,6,12,15H,5,7-11,13-14H2,1-3H3,(H,18,22)/t15-/m1/s1. The van der Waals surface area contributed by atoms with Crippen LogP contribution in [-0.4, -0.2) is 87.8 Å². The Morgan fingerprint density at radius 1 is 1.38 bits per heavy atom. The Balaban J connectivity index is 1.81. The van der Waals surface area contributed by atoms with Crippen molar-refractivity contribution in [3.05, 3.63) is 24.2 Å². The summed E-state index contributed by atoms with van der Waals surface area (Å²) < 4.78 is 10.6. The highest BCUT2D eigenvalue weighted by molar-refractivity contribution is 5.74. The average Bonchev–Trinajstić information content (AvgIpc) is 2.97. The molecule has 1 saturated heterocycles. The van der Waals surface area contributed by atoms with E-state index in [-0.39, 0.29) is 12.1 Å². The van der Waals surface area contributed by atoms with Gasteiger partial charge in [0.15, 0.2) is 0 Å². The Morgan fingerprint density at radius 3 is 2.88 bits per heavy atom. The van der Waals surface area contributed by atoms with Gasteiger partial charge in [-0.05, 0) is 39.2 Å². The van der Waals surface area contributed by atoms with Gasteiger partial charge in [0.1, 0.15) is 5.76 Å². The Hall–Kier alpha value is -1.57. The molecule has 1 aromatic heterocycles. The lowest BCUT2D eigenvalue weighted by atomic mass is 10.2. The molecule has 136 valence electrons. The lowest BCUT2D eigenvalue weighted by molar-refractivity contribution is 0.149. The van der Waals surface area contributed by atoms with Crippen molar-refractivity contribution in [1.29, 1.82) is 0 Å². The fourth-order valence-electron chi connectivity index (χ4n) is 2.93. The normalized spacial score (nSPS) is 17.8. The smallest absolute Gasteiger partial charge is 0.317 e. The van der Waals surface area contributed by atoms with Gasteiger partial charge >= 0.3 is 6.03 Å². The fourth-order valence-corrected chi connectivity index (χ4v) is 2.93. The molecule has 1 aliphatic heterocycles. The second kappa shape index (κ2) is 9.66. The molecular weight excluding hydrogens is 308 g/mol. The topological polar surface area (TPSA) is 61.2 Å². The molecule has 0 aliphatic carbocycles. The van der Waals surface area contributed by atoms with Gasteiger partial charge in [0, 0.05) is 39.8 Å². The van der Waals surface area contributed by atoms with E-state index in [1.165, 1.54) is 0 Å². The predicted molar refractivity (Wildman–Crippen MR) is 93.0 cm³/mol. The lowest BCUT2D eigenvalue weighted by Crippen LogP contribution is -2.44. The van der Waals surface area contributed by atoms with E-state index in [1.807, 2.05) is 36.0 Å². The zero-order chi connectivity index (χ0) is 17.4. The maximum Gasteiger partial charge on any atom is 0.317 e. The van der Waals surface area contributed by atoms with Crippen LogP contribution in [0.25, 0.3) is 0 Å². The maximum atomic E-state index is 12.5. The predicted octanol–water partition coefficient (Wildman–Crippen LogP) is 1.25. The number of likely N-dealkylation sites (N-methyl/N-ethyl adjacent to an activating group) is 1. The van der Waals surface area contributed by atoms with Gasteiger partial charge in [-0.3, -0.25) is 9.80 Å². The second-order valence-corrected chi connectivity index (χ2v) is 6.36. The summed E-state index contributed by atoms with van der Waals surface area (Å²) in [6.07, 6.45) is 2.66. The van der Waals surface area contributed by atoms with E-state index in [9.17, 15) is 4.79 Å². The van der Waals surface area contributed by atoms with Crippen molar-refractivity contribution in [3.63, 3.8) is 0 Å². The highest BCUT2D eigenvalue weighted by Crippen LogP contribution is 2.17. The monoisotopic (exact) mass is 338 g/mol. The molecule has 0 spiro atoms. The van der Waals surface area contributed by atoms with Crippen molar-refractivity contribution in [2.24, 2.45) is 0 Å². The minimum absolute atomic E-state index is 0.00185. The van der Waals surface area contributed by atoms with Crippen LogP contribution >= 0.6 is 0 Å². The molecule has 0 radical (unpaired) electrons. The summed E-state index contributed by atoms with van der Waals surface area (Å²) in [5.41, 5.74) is 0. The summed E-state index contributed by atoms with van der Waals surface area (Å²) in [5.74, 6) is 0.863. The molecule has 0 bridgehead atoms. The third-order valence-corrected chi connectivity index (χ3v) is 4.43. The number of hydrogen-bond donors (Lipinski definition) is 1. The molecule has 1 aliphatic rings. The highest BCUT2D eigenvalue weighted by atomic mass is 16.5. The Morgan fingerprint density at radius 2 is 2.21 bits per heavy atom. The number of hydrogen-bond acceptors (Lipinski definition) is 5. The van der Waals surface area contributed by atoms with E-state index in [4.69, 9.17) is 9.15 Å². The molecule has 7 heteroatoms. The third kappa shape index (κ3) is 5.51. The maximum absolute atomic E-state index is 12.5. The first-order valence-electron chi connectivity index (χ1n) is 8.55. The number of amides is 2. The number of urea groups is 1. The Kier molecular flexibility index (Phi) is 7.55. The SMILES string of the molecule is COCCN1CCCN(C(=O)NC[C@H](c2ccco2)N(C)C)CC1. The van der Waals surface area contributed by atoms with E-state index in [0.29, 0.717) is 6.54 Å². The van der Waals surface area contributed by atoms with Gasteiger partial charge in [0.05, 0.1) is 18.9 Å². The summed E-state index contributed by atoms with van der Waals surface area (Å²) in [5, 5.41) is 3.05.